The number of aliphatic hydroxyl groups is 1. The molecule has 2 heterocycles. The fourth-order valence-corrected chi connectivity index (χ4v) is 5.21. The number of aliphatic hydroxyl groups excluding tert-OH is 1. The molecule has 0 atom stereocenters. The van der Waals surface area contributed by atoms with E-state index in [0.717, 1.165) is 17.1 Å². The van der Waals surface area contributed by atoms with E-state index in [1.807, 2.05) is 60.7 Å². The van der Waals surface area contributed by atoms with Crippen LogP contribution in [0.4, 0.5) is 0 Å². The molecule has 4 aromatic rings. The molecule has 220 valence electrons. The van der Waals surface area contributed by atoms with Crippen LogP contribution in [0.5, 0.6) is 0 Å². The fourth-order valence-electron chi connectivity index (χ4n) is 3.24. The van der Waals surface area contributed by atoms with Crippen LogP contribution in [-0.4, -0.2) is 52.6 Å². The van der Waals surface area contributed by atoms with Crippen LogP contribution >= 0.6 is 35.1 Å². The van der Waals surface area contributed by atoms with Crippen molar-refractivity contribution in [2.45, 2.75) is 21.6 Å². The Morgan fingerprint density at radius 3 is 1.57 bits per heavy atom. The van der Waals surface area contributed by atoms with E-state index in [4.69, 9.17) is 26.4 Å². The maximum Gasteiger partial charge on any atom is 0.277 e. The molecule has 0 radical (unpaired) electrons. The summed E-state index contributed by atoms with van der Waals surface area (Å²) in [5.41, 5.74) is 7.94. The molecule has 2 aromatic heterocycles. The summed E-state index contributed by atoms with van der Waals surface area (Å²) in [6.07, 6.45) is 3.32. The molecule has 3 N–H and O–H groups in total. The third-order valence-electron chi connectivity index (χ3n) is 5.17. The average molecular weight is 627 g/mol. The Bertz CT molecular complexity index is 1270. The first-order valence-electron chi connectivity index (χ1n) is 12.9. The van der Waals surface area contributed by atoms with E-state index < -0.39 is 0 Å². The fraction of sp³-hybridized carbons (Fsp3) is 0.200. The molecule has 0 aliphatic rings. The maximum atomic E-state index is 12.0. The standard InChI is InChI=1S/C15H15ClN2O2S.C15H16N2O3S/c16-8-10-20-18-14(19)13-7-4-9-17-15(13)21-11-12-5-2-1-3-6-12;18-9-10-20-17-14(19)13-7-4-8-16-15(13)21-11-12-5-2-1-3-6-12/h1-7,9H,8,10-11H2,(H,18,19);1-8,18H,9-11H2,(H,17,19). The zero-order chi connectivity index (χ0) is 29.8. The summed E-state index contributed by atoms with van der Waals surface area (Å²) in [5.74, 6) is 1.12. The third kappa shape index (κ3) is 11.8. The van der Waals surface area contributed by atoms with Crippen LogP contribution in [0.1, 0.15) is 31.8 Å². The molecule has 4 rings (SSSR count). The van der Waals surface area contributed by atoms with Gasteiger partial charge in [-0.15, -0.1) is 35.1 Å². The van der Waals surface area contributed by atoms with Gasteiger partial charge in [0.15, 0.2) is 0 Å². The van der Waals surface area contributed by atoms with Crippen LogP contribution in [-0.2, 0) is 21.2 Å². The van der Waals surface area contributed by atoms with Gasteiger partial charge in [-0.05, 0) is 35.4 Å². The zero-order valence-electron chi connectivity index (χ0n) is 22.6. The summed E-state index contributed by atoms with van der Waals surface area (Å²) in [5, 5.41) is 9.94. The number of carbonyl (C=O) groups excluding carboxylic acids is 2. The van der Waals surface area contributed by atoms with E-state index in [9.17, 15) is 9.59 Å². The van der Waals surface area contributed by atoms with Crippen molar-refractivity contribution in [3.8, 4) is 0 Å². The quantitative estimate of drug-likeness (QED) is 0.0740. The first-order valence-corrected chi connectivity index (χ1v) is 15.4. The van der Waals surface area contributed by atoms with Crippen LogP contribution < -0.4 is 11.0 Å². The highest BCUT2D eigenvalue weighted by Gasteiger charge is 2.14. The highest BCUT2D eigenvalue weighted by Crippen LogP contribution is 2.25. The van der Waals surface area contributed by atoms with E-state index in [1.165, 1.54) is 29.1 Å². The van der Waals surface area contributed by atoms with E-state index in [0.29, 0.717) is 27.1 Å². The summed E-state index contributed by atoms with van der Waals surface area (Å²) in [4.78, 5) is 42.3. The number of hydrogen-bond acceptors (Lipinski definition) is 9. The minimum Gasteiger partial charge on any atom is -0.394 e. The average Bonchev–Trinajstić information content (AvgIpc) is 3.04. The second-order valence-electron chi connectivity index (χ2n) is 8.23. The van der Waals surface area contributed by atoms with E-state index in [-0.39, 0.29) is 31.6 Å². The Morgan fingerprint density at radius 1 is 0.690 bits per heavy atom. The molecule has 12 heteroatoms. The van der Waals surface area contributed by atoms with Crippen molar-refractivity contribution >= 4 is 46.9 Å². The van der Waals surface area contributed by atoms with Gasteiger partial charge in [0, 0.05) is 29.8 Å². The predicted octanol–water partition coefficient (Wildman–Crippen LogP) is 5.30. The molecule has 42 heavy (non-hydrogen) atoms. The number of alkyl halides is 1. The first-order chi connectivity index (χ1) is 20.6. The van der Waals surface area contributed by atoms with E-state index >= 15 is 0 Å². The summed E-state index contributed by atoms with van der Waals surface area (Å²) < 4.78 is 0. The van der Waals surface area contributed by atoms with Gasteiger partial charge < -0.3 is 5.11 Å². The maximum absolute atomic E-state index is 12.0. The number of rotatable bonds is 14. The van der Waals surface area contributed by atoms with E-state index in [2.05, 4.69) is 20.9 Å². The molecule has 2 amide bonds. The van der Waals surface area contributed by atoms with Crippen molar-refractivity contribution in [2.75, 3.05) is 25.7 Å². The van der Waals surface area contributed by atoms with Gasteiger partial charge in [-0.25, -0.2) is 20.9 Å². The smallest absolute Gasteiger partial charge is 0.277 e. The van der Waals surface area contributed by atoms with Crippen LogP contribution in [0.25, 0.3) is 0 Å². The number of halogens is 1. The second-order valence-corrected chi connectivity index (χ2v) is 10.5. The van der Waals surface area contributed by atoms with Crippen LogP contribution in [0.3, 0.4) is 0 Å². The molecule has 0 bridgehead atoms. The lowest BCUT2D eigenvalue weighted by atomic mass is 10.2. The highest BCUT2D eigenvalue weighted by atomic mass is 35.5. The Morgan fingerprint density at radius 2 is 1.14 bits per heavy atom. The van der Waals surface area contributed by atoms with Crippen molar-refractivity contribution in [1.82, 2.24) is 20.9 Å². The Kier molecular flexibility index (Phi) is 15.5. The number of amides is 2. The molecule has 0 unspecified atom stereocenters. The molecular formula is C30H31ClN4O5S2. The molecule has 9 nitrogen and oxygen atoms in total. The summed E-state index contributed by atoms with van der Waals surface area (Å²) in [6, 6.07) is 26.8. The largest absolute Gasteiger partial charge is 0.394 e. The number of pyridine rings is 2. The SMILES string of the molecule is O=C(NOCCCl)c1cccnc1SCc1ccccc1.O=C(NOCCO)c1cccnc1SCc1ccccc1. The van der Waals surface area contributed by atoms with Gasteiger partial charge in [0.05, 0.1) is 30.9 Å². The number of benzene rings is 2. The lowest BCUT2D eigenvalue weighted by Crippen LogP contribution is -2.25. The molecule has 2 aromatic carbocycles. The second kappa shape index (κ2) is 19.6. The van der Waals surface area contributed by atoms with Crippen molar-refractivity contribution in [3.05, 3.63) is 120 Å². The summed E-state index contributed by atoms with van der Waals surface area (Å²) in [7, 11) is 0. The van der Waals surface area contributed by atoms with E-state index in [1.54, 1.807) is 36.7 Å². The number of hydrogen-bond donors (Lipinski definition) is 3. The molecule has 0 aliphatic carbocycles. The minimum absolute atomic E-state index is 0.0541. The third-order valence-corrected chi connectivity index (χ3v) is 7.48. The number of thioether (sulfide) groups is 2. The normalized spacial score (nSPS) is 10.3. The molecule has 0 saturated heterocycles. The topological polar surface area (TPSA) is 123 Å². The predicted molar refractivity (Wildman–Crippen MR) is 165 cm³/mol. The number of nitrogens with one attached hydrogen (secondary N) is 2. The molecule has 0 spiro atoms. The van der Waals surface area contributed by atoms with Crippen molar-refractivity contribution < 1.29 is 24.4 Å². The van der Waals surface area contributed by atoms with Gasteiger partial charge in [-0.1, -0.05) is 60.7 Å². The lowest BCUT2D eigenvalue weighted by molar-refractivity contribution is 0.0165. The molecule has 0 saturated carbocycles. The van der Waals surface area contributed by atoms with Crippen LogP contribution in [0.2, 0.25) is 0 Å². The first kappa shape index (κ1) is 33.1. The highest BCUT2D eigenvalue weighted by molar-refractivity contribution is 7.98. The Labute approximate surface area is 258 Å². The monoisotopic (exact) mass is 626 g/mol. The van der Waals surface area contributed by atoms with Gasteiger partial charge in [0.1, 0.15) is 10.1 Å². The minimum atomic E-state index is -0.368. The Balaban J connectivity index is 0.000000230. The van der Waals surface area contributed by atoms with Crippen LogP contribution in [0, 0.1) is 0 Å². The van der Waals surface area contributed by atoms with Gasteiger partial charge in [0.25, 0.3) is 11.8 Å². The van der Waals surface area contributed by atoms with Gasteiger partial charge in [0.2, 0.25) is 0 Å². The molecule has 0 aliphatic heterocycles. The van der Waals surface area contributed by atoms with Crippen molar-refractivity contribution in [3.63, 3.8) is 0 Å². The number of carbonyl (C=O) groups is 2. The summed E-state index contributed by atoms with van der Waals surface area (Å²) in [6.45, 7) is 0.168. The molecule has 0 fully saturated rings. The van der Waals surface area contributed by atoms with Gasteiger partial charge in [-0.2, -0.15) is 0 Å². The number of hydroxylamine groups is 2. The lowest BCUT2D eigenvalue weighted by Gasteiger charge is -2.08. The van der Waals surface area contributed by atoms with Crippen LogP contribution in [0.15, 0.2) is 107 Å². The zero-order valence-corrected chi connectivity index (χ0v) is 25.0. The van der Waals surface area contributed by atoms with Gasteiger partial charge >= 0.3 is 0 Å². The Hall–Kier alpha value is -3.45. The number of nitrogens with zero attached hydrogens (tertiary/aromatic N) is 2. The molecular weight excluding hydrogens is 596 g/mol. The van der Waals surface area contributed by atoms with Crippen molar-refractivity contribution in [2.24, 2.45) is 0 Å². The number of aromatic nitrogens is 2. The van der Waals surface area contributed by atoms with Gasteiger partial charge in [-0.3, -0.25) is 19.3 Å². The summed E-state index contributed by atoms with van der Waals surface area (Å²) >= 11 is 8.49. The van der Waals surface area contributed by atoms with Crippen molar-refractivity contribution in [1.29, 1.82) is 0 Å².